The first-order valence-corrected chi connectivity index (χ1v) is 4.31. The molecule has 0 aliphatic carbocycles. The number of nitrogens with one attached hydrogen (secondary N) is 1. The van der Waals surface area contributed by atoms with Gasteiger partial charge in [0.25, 0.3) is 0 Å². The van der Waals surface area contributed by atoms with Gasteiger partial charge >= 0.3 is 0 Å². The van der Waals surface area contributed by atoms with Crippen molar-refractivity contribution in [2.75, 3.05) is 20.6 Å². The van der Waals surface area contributed by atoms with E-state index < -0.39 is 0 Å². The molecule has 0 amide bonds. The Morgan fingerprint density at radius 2 is 2.07 bits per heavy atom. The quantitative estimate of drug-likeness (QED) is 0.491. The van der Waals surface area contributed by atoms with Crippen molar-refractivity contribution in [1.29, 1.82) is 0 Å². The van der Waals surface area contributed by atoms with Gasteiger partial charge in [-0.1, -0.05) is 0 Å². The minimum atomic E-state index is -0.125. The van der Waals surface area contributed by atoms with Crippen LogP contribution < -0.4 is 5.32 Å². The molecule has 14 heavy (non-hydrogen) atoms. The van der Waals surface area contributed by atoms with Crippen LogP contribution in [0.3, 0.4) is 0 Å². The average molecular weight is 194 g/mol. The number of hydrogen-bond donors (Lipinski definition) is 3. The first-order valence-electron chi connectivity index (χ1n) is 4.31. The predicted molar refractivity (Wildman–Crippen MR) is 56.2 cm³/mol. The lowest BCUT2D eigenvalue weighted by atomic mass is 10.1. The molecule has 0 radical (unpaired) electrons. The summed E-state index contributed by atoms with van der Waals surface area (Å²) in [7, 11) is 3.52. The fourth-order valence-electron chi connectivity index (χ4n) is 1.18. The molecule has 76 valence electrons. The summed E-state index contributed by atoms with van der Waals surface area (Å²) in [5.74, 6) is -0.242. The molecule has 1 aromatic carbocycles. The van der Waals surface area contributed by atoms with Crippen molar-refractivity contribution in [2.45, 2.75) is 0 Å². The minimum absolute atomic E-state index is 0.117. The maximum Gasteiger partial charge on any atom is 0.158 e. The fraction of sp³-hybridized carbons (Fsp3) is 0.300. The van der Waals surface area contributed by atoms with E-state index in [9.17, 15) is 5.11 Å². The van der Waals surface area contributed by atoms with Crippen LogP contribution in [0.25, 0.3) is 0 Å². The minimum Gasteiger partial charge on any atom is -0.504 e. The molecule has 0 aromatic heterocycles. The topological polar surface area (TPSA) is 64.9 Å². The Labute approximate surface area is 82.9 Å². The summed E-state index contributed by atoms with van der Waals surface area (Å²) in [6.45, 7) is 0.626. The van der Waals surface area contributed by atoms with Crippen LogP contribution in [0.15, 0.2) is 23.2 Å². The number of phenols is 2. The molecule has 0 atom stereocenters. The van der Waals surface area contributed by atoms with E-state index in [-0.39, 0.29) is 11.5 Å². The van der Waals surface area contributed by atoms with Gasteiger partial charge in [-0.25, -0.2) is 0 Å². The van der Waals surface area contributed by atoms with Crippen molar-refractivity contribution < 1.29 is 10.2 Å². The molecule has 0 saturated carbocycles. The molecular weight excluding hydrogens is 180 g/mol. The normalized spacial score (nSPS) is 11.7. The van der Waals surface area contributed by atoms with Gasteiger partial charge in [0.2, 0.25) is 0 Å². The Morgan fingerprint density at radius 3 is 2.57 bits per heavy atom. The number of hydrogen-bond acceptors (Lipinski definition) is 4. The van der Waals surface area contributed by atoms with Crippen LogP contribution >= 0.6 is 0 Å². The molecule has 0 spiro atoms. The van der Waals surface area contributed by atoms with E-state index in [4.69, 9.17) is 5.11 Å². The van der Waals surface area contributed by atoms with Crippen LogP contribution in [-0.4, -0.2) is 36.6 Å². The van der Waals surface area contributed by atoms with Crippen LogP contribution in [0.2, 0.25) is 0 Å². The monoisotopic (exact) mass is 194 g/mol. The summed E-state index contributed by atoms with van der Waals surface area (Å²) in [5.41, 5.74) is 1.64. The maximum absolute atomic E-state index is 9.29. The number of benzene rings is 1. The van der Waals surface area contributed by atoms with Gasteiger partial charge in [0, 0.05) is 19.2 Å². The largest absolute Gasteiger partial charge is 0.504 e. The smallest absolute Gasteiger partial charge is 0.158 e. The molecule has 1 rings (SSSR count). The Kier molecular flexibility index (Phi) is 3.48. The molecule has 0 aliphatic rings. The molecule has 3 N–H and O–H groups in total. The fourth-order valence-corrected chi connectivity index (χ4v) is 1.18. The van der Waals surface area contributed by atoms with Crippen molar-refractivity contribution in [3.8, 4) is 11.5 Å². The number of nitrogens with zero attached hydrogens (tertiary/aromatic N) is 1. The Morgan fingerprint density at radius 1 is 1.36 bits per heavy atom. The Balaban J connectivity index is 3.00. The lowest BCUT2D eigenvalue weighted by molar-refractivity contribution is 0.403. The van der Waals surface area contributed by atoms with Gasteiger partial charge < -0.3 is 15.5 Å². The van der Waals surface area contributed by atoms with Crippen molar-refractivity contribution in [2.24, 2.45) is 4.99 Å². The lowest BCUT2D eigenvalue weighted by Gasteiger charge is -2.06. The van der Waals surface area contributed by atoms with Crippen molar-refractivity contribution in [3.63, 3.8) is 0 Å². The molecule has 0 heterocycles. The van der Waals surface area contributed by atoms with Gasteiger partial charge in [-0.3, -0.25) is 4.99 Å². The molecular formula is C10H14N2O2. The van der Waals surface area contributed by atoms with E-state index in [1.54, 1.807) is 13.1 Å². The van der Waals surface area contributed by atoms with E-state index in [2.05, 4.69) is 10.3 Å². The number of likely N-dealkylation sites (N-methyl/N-ethyl adjacent to an activating group) is 1. The zero-order valence-electron chi connectivity index (χ0n) is 8.28. The summed E-state index contributed by atoms with van der Waals surface area (Å²) in [6.07, 6.45) is 0. The zero-order valence-corrected chi connectivity index (χ0v) is 8.28. The average Bonchev–Trinajstić information content (AvgIpc) is 2.19. The highest BCUT2D eigenvalue weighted by Crippen LogP contribution is 2.24. The van der Waals surface area contributed by atoms with Crippen LogP contribution in [0.5, 0.6) is 11.5 Å². The first-order chi connectivity index (χ1) is 6.69. The van der Waals surface area contributed by atoms with Crippen LogP contribution in [0, 0.1) is 0 Å². The SMILES string of the molecule is CN=C(CNC)c1ccc(O)c(O)c1. The predicted octanol–water partition coefficient (Wildman–Crippen LogP) is 0.736. The number of rotatable bonds is 3. The van der Waals surface area contributed by atoms with Gasteiger partial charge in [-0.15, -0.1) is 0 Å². The number of aliphatic imine (C=N–C) groups is 1. The van der Waals surface area contributed by atoms with E-state index in [0.717, 1.165) is 11.3 Å². The highest BCUT2D eigenvalue weighted by Gasteiger charge is 2.05. The highest BCUT2D eigenvalue weighted by atomic mass is 16.3. The number of aromatic hydroxyl groups is 2. The Bertz CT molecular complexity index is 348. The molecule has 0 fully saturated rings. The van der Waals surface area contributed by atoms with E-state index in [1.807, 2.05) is 7.05 Å². The van der Waals surface area contributed by atoms with Crippen LogP contribution in [0.1, 0.15) is 5.56 Å². The van der Waals surface area contributed by atoms with Gasteiger partial charge in [0.05, 0.1) is 5.71 Å². The van der Waals surface area contributed by atoms with Gasteiger partial charge in [-0.05, 0) is 25.2 Å². The lowest BCUT2D eigenvalue weighted by Crippen LogP contribution is -2.19. The van der Waals surface area contributed by atoms with Gasteiger partial charge in [0.1, 0.15) is 0 Å². The maximum atomic E-state index is 9.29. The second-order valence-electron chi connectivity index (χ2n) is 2.90. The van der Waals surface area contributed by atoms with Gasteiger partial charge in [0.15, 0.2) is 11.5 Å². The third-order valence-electron chi connectivity index (χ3n) is 1.92. The number of phenolic OH excluding ortho intramolecular Hbond substituents is 2. The third-order valence-corrected chi connectivity index (χ3v) is 1.92. The first kappa shape index (κ1) is 10.5. The summed E-state index contributed by atoms with van der Waals surface area (Å²) in [5, 5.41) is 21.4. The Hall–Kier alpha value is -1.55. The second-order valence-corrected chi connectivity index (χ2v) is 2.90. The summed E-state index contributed by atoms with van der Waals surface area (Å²) in [6, 6.07) is 4.66. The van der Waals surface area contributed by atoms with E-state index in [1.165, 1.54) is 12.1 Å². The second kappa shape index (κ2) is 4.62. The van der Waals surface area contributed by atoms with E-state index in [0.29, 0.717) is 6.54 Å². The van der Waals surface area contributed by atoms with Gasteiger partial charge in [-0.2, -0.15) is 0 Å². The van der Waals surface area contributed by atoms with E-state index >= 15 is 0 Å². The standard InChI is InChI=1S/C10H14N2O2/c1-11-6-8(12-2)7-3-4-9(13)10(14)5-7/h3-5,11,13-14H,6H2,1-2H3. The summed E-state index contributed by atoms with van der Waals surface area (Å²) in [4.78, 5) is 4.08. The molecule has 0 bridgehead atoms. The molecule has 0 aliphatic heterocycles. The van der Waals surface area contributed by atoms with Crippen molar-refractivity contribution in [1.82, 2.24) is 5.32 Å². The third kappa shape index (κ3) is 2.23. The van der Waals surface area contributed by atoms with Crippen LogP contribution in [-0.2, 0) is 0 Å². The highest BCUT2D eigenvalue weighted by molar-refractivity contribution is 6.02. The molecule has 1 aromatic rings. The van der Waals surface area contributed by atoms with Crippen molar-refractivity contribution >= 4 is 5.71 Å². The summed E-state index contributed by atoms with van der Waals surface area (Å²) >= 11 is 0. The molecule has 4 heteroatoms. The van der Waals surface area contributed by atoms with Crippen LogP contribution in [0.4, 0.5) is 0 Å². The molecule has 4 nitrogen and oxygen atoms in total. The zero-order chi connectivity index (χ0) is 10.6. The molecule has 0 unspecified atom stereocenters. The molecule has 0 saturated heterocycles. The summed E-state index contributed by atoms with van der Waals surface area (Å²) < 4.78 is 0. The van der Waals surface area contributed by atoms with Crippen molar-refractivity contribution in [3.05, 3.63) is 23.8 Å².